The summed E-state index contributed by atoms with van der Waals surface area (Å²) >= 11 is 9.55. The predicted molar refractivity (Wildman–Crippen MR) is 136 cm³/mol. The van der Waals surface area contributed by atoms with Crippen molar-refractivity contribution in [1.29, 1.82) is 0 Å². The molecule has 0 heterocycles. The van der Waals surface area contributed by atoms with Crippen LogP contribution in [0.2, 0.25) is 12.1 Å². The van der Waals surface area contributed by atoms with Gasteiger partial charge in [-0.1, -0.05) is 4.32 Å². The Morgan fingerprint density at radius 1 is 0.710 bits per heavy atom. The van der Waals surface area contributed by atoms with Gasteiger partial charge in [-0.25, -0.2) is 0 Å². The van der Waals surface area contributed by atoms with Crippen LogP contribution in [-0.2, 0) is 39.2 Å². The zero-order valence-electron chi connectivity index (χ0n) is 20.5. The molecule has 0 bridgehead atoms. The van der Waals surface area contributed by atoms with Gasteiger partial charge in [0.25, 0.3) is 0 Å². The van der Waals surface area contributed by atoms with Crippen molar-refractivity contribution in [3.63, 3.8) is 0 Å². The standard InChI is InChI=1S/C10H23NO3S2Si.C9H23NO3Si/c1-4-12-17(13-5-2,14-6-3)9-7-8-11-10(15)16;1-4-11-14(12-5-2,13-6-3)9-7-8-10/h4-9H2,1-3H3,(H2,11,15,16);4-10H2,1-3H3. The number of hydrogen-bond acceptors (Lipinski definition) is 8. The van der Waals surface area contributed by atoms with Gasteiger partial charge in [-0.15, -0.1) is 0 Å². The number of nitrogens with one attached hydrogen (secondary N) is 1. The molecule has 0 aliphatic carbocycles. The summed E-state index contributed by atoms with van der Waals surface area (Å²) in [4.78, 5) is 0. The summed E-state index contributed by atoms with van der Waals surface area (Å²) < 4.78 is 34.6. The van der Waals surface area contributed by atoms with Crippen molar-refractivity contribution in [3.8, 4) is 0 Å². The Bertz CT molecular complexity index is 395. The molecule has 0 aliphatic rings. The van der Waals surface area contributed by atoms with E-state index in [1.54, 1.807) is 0 Å². The molecule has 0 saturated heterocycles. The highest BCUT2D eigenvalue weighted by molar-refractivity contribution is 8.00. The van der Waals surface area contributed by atoms with Crippen molar-refractivity contribution >= 4 is 46.8 Å². The van der Waals surface area contributed by atoms with E-state index < -0.39 is 17.6 Å². The molecule has 0 aromatic heterocycles. The van der Waals surface area contributed by atoms with Gasteiger partial charge in [0.1, 0.15) is 0 Å². The van der Waals surface area contributed by atoms with Crippen LogP contribution in [0.4, 0.5) is 0 Å². The van der Waals surface area contributed by atoms with Gasteiger partial charge in [0.05, 0.1) is 6.54 Å². The summed E-state index contributed by atoms with van der Waals surface area (Å²) in [6.07, 6.45) is 1.88. The van der Waals surface area contributed by atoms with Crippen LogP contribution >= 0.6 is 12.2 Å². The van der Waals surface area contributed by atoms with Gasteiger partial charge in [-0.05, 0) is 48.0 Å². The minimum absolute atomic E-state index is 0.404. The second-order valence-electron chi connectivity index (χ2n) is 6.24. The third-order valence-electron chi connectivity index (χ3n) is 3.85. The van der Waals surface area contributed by atoms with Gasteiger partial charge in [0.15, 0.2) is 0 Å². The SMILES string of the molecule is CCO[Si](CCCNC(=S)[S-])(OCC)OCC.CCO[Si](CCC[NH3+])(OCC)OCC. The molecule has 0 aromatic rings. The second kappa shape index (κ2) is 22.1. The van der Waals surface area contributed by atoms with E-state index in [0.29, 0.717) is 44.0 Å². The smallest absolute Gasteiger partial charge is 0.412 e. The highest BCUT2D eigenvalue weighted by Gasteiger charge is 2.40. The average Bonchev–Trinajstić information content (AvgIpc) is 2.71. The second-order valence-corrected chi connectivity index (χ2v) is 12.8. The van der Waals surface area contributed by atoms with Crippen LogP contribution in [0, 0.1) is 0 Å². The highest BCUT2D eigenvalue weighted by atomic mass is 32.1. The number of rotatable bonds is 19. The van der Waals surface area contributed by atoms with Gasteiger partial charge >= 0.3 is 17.6 Å². The molecule has 0 unspecified atom stereocenters. The van der Waals surface area contributed by atoms with E-state index in [-0.39, 0.29) is 0 Å². The zero-order valence-corrected chi connectivity index (χ0v) is 24.1. The van der Waals surface area contributed by atoms with Gasteiger partial charge in [-0.2, -0.15) is 0 Å². The molecule has 0 fully saturated rings. The molecule has 8 nitrogen and oxygen atoms in total. The van der Waals surface area contributed by atoms with Gasteiger partial charge < -0.3 is 62.5 Å². The third-order valence-corrected chi connectivity index (χ3v) is 10.4. The van der Waals surface area contributed by atoms with Crippen LogP contribution in [0.25, 0.3) is 0 Å². The summed E-state index contributed by atoms with van der Waals surface area (Å²) in [5.41, 5.74) is 3.82. The van der Waals surface area contributed by atoms with Crippen molar-refractivity contribution in [2.24, 2.45) is 0 Å². The fourth-order valence-electron chi connectivity index (χ4n) is 2.84. The molecule has 0 radical (unpaired) electrons. The summed E-state index contributed by atoms with van der Waals surface area (Å²) in [5, 5.41) is 2.95. The van der Waals surface area contributed by atoms with E-state index in [9.17, 15) is 0 Å². The first-order chi connectivity index (χ1) is 14.8. The van der Waals surface area contributed by atoms with E-state index >= 15 is 0 Å². The highest BCUT2D eigenvalue weighted by Crippen LogP contribution is 2.18. The van der Waals surface area contributed by atoms with E-state index in [0.717, 1.165) is 38.0 Å². The number of thiocarbonyl (C=S) groups is 1. The summed E-state index contributed by atoms with van der Waals surface area (Å²) in [7, 11) is -4.84. The largest absolute Gasteiger partial charge is 0.501 e. The molecule has 0 amide bonds. The molecule has 0 aliphatic heterocycles. The maximum absolute atomic E-state index is 5.73. The lowest BCUT2D eigenvalue weighted by atomic mass is 10.5. The molecule has 188 valence electrons. The topological polar surface area (TPSA) is 95.1 Å². The van der Waals surface area contributed by atoms with Crippen LogP contribution in [0.15, 0.2) is 0 Å². The molecule has 4 N–H and O–H groups in total. The maximum atomic E-state index is 5.73. The first-order valence-corrected chi connectivity index (χ1v) is 16.1. The van der Waals surface area contributed by atoms with E-state index in [1.165, 1.54) is 0 Å². The summed E-state index contributed by atoms with van der Waals surface area (Å²) in [5.74, 6) is 0. The monoisotopic (exact) mass is 518 g/mol. The Hall–Kier alpha value is 0.264. The molecular weight excluding hydrogens is 473 g/mol. The maximum Gasteiger partial charge on any atom is 0.501 e. The molecular formula is C19H46N2O6S2Si2. The lowest BCUT2D eigenvalue weighted by Gasteiger charge is -2.28. The fraction of sp³-hybridized carbons (Fsp3) is 0.947. The van der Waals surface area contributed by atoms with E-state index in [2.05, 4.69) is 11.1 Å². The minimum Gasteiger partial charge on any atom is -0.412 e. The molecule has 0 aromatic carbocycles. The normalized spacial score (nSPS) is 11.7. The summed E-state index contributed by atoms with van der Waals surface area (Å²) in [6, 6.07) is 1.67. The van der Waals surface area contributed by atoms with Gasteiger partial charge in [-0.3, -0.25) is 0 Å². The Labute approximate surface area is 203 Å². The molecule has 0 spiro atoms. The third kappa shape index (κ3) is 17.4. The van der Waals surface area contributed by atoms with Crippen molar-refractivity contribution in [1.82, 2.24) is 5.32 Å². The first-order valence-electron chi connectivity index (χ1n) is 11.4. The molecule has 31 heavy (non-hydrogen) atoms. The Kier molecular flexibility index (Phi) is 23.8. The van der Waals surface area contributed by atoms with Crippen LogP contribution in [0.5, 0.6) is 0 Å². The van der Waals surface area contributed by atoms with E-state index in [4.69, 9.17) is 51.4 Å². The van der Waals surface area contributed by atoms with Crippen molar-refractivity contribution in [3.05, 3.63) is 0 Å². The lowest BCUT2D eigenvalue weighted by Crippen LogP contribution is -2.52. The Morgan fingerprint density at radius 2 is 1.03 bits per heavy atom. The molecule has 0 atom stereocenters. The van der Waals surface area contributed by atoms with E-state index in [1.807, 2.05) is 41.5 Å². The fourth-order valence-corrected chi connectivity index (χ4v) is 8.34. The van der Waals surface area contributed by atoms with Crippen LogP contribution < -0.4 is 11.1 Å². The summed E-state index contributed by atoms with van der Waals surface area (Å²) in [6.45, 7) is 17.2. The predicted octanol–water partition coefficient (Wildman–Crippen LogP) is 2.51. The Morgan fingerprint density at radius 3 is 1.29 bits per heavy atom. The van der Waals surface area contributed by atoms with Gasteiger partial charge in [0.2, 0.25) is 0 Å². The number of quaternary nitrogens is 1. The van der Waals surface area contributed by atoms with Crippen molar-refractivity contribution in [2.75, 3.05) is 52.7 Å². The Balaban J connectivity index is 0. The zero-order chi connectivity index (χ0) is 24.0. The van der Waals surface area contributed by atoms with Crippen LogP contribution in [0.3, 0.4) is 0 Å². The lowest BCUT2D eigenvalue weighted by molar-refractivity contribution is -0.367. The first kappa shape index (κ1) is 33.4. The average molecular weight is 519 g/mol. The van der Waals surface area contributed by atoms with Gasteiger partial charge in [0, 0.05) is 64.7 Å². The van der Waals surface area contributed by atoms with Crippen LogP contribution in [-0.4, -0.2) is 74.7 Å². The van der Waals surface area contributed by atoms with Crippen LogP contribution in [0.1, 0.15) is 54.4 Å². The number of hydrogen-bond donors (Lipinski definition) is 2. The molecule has 0 saturated carbocycles. The minimum atomic E-state index is -2.48. The molecule has 12 heteroatoms. The quantitative estimate of drug-likeness (QED) is 0.116. The van der Waals surface area contributed by atoms with Crippen molar-refractivity contribution < 1.29 is 32.3 Å². The molecule has 0 rings (SSSR count). The van der Waals surface area contributed by atoms with Crippen molar-refractivity contribution in [2.45, 2.75) is 66.5 Å².